The topological polar surface area (TPSA) is 40.5 Å². The Hall–Kier alpha value is -1.66. The average molecular weight is 252 g/mol. The Morgan fingerprint density at radius 3 is 2.82 bits per heavy atom. The monoisotopic (exact) mass is 251 g/mol. The first-order valence-corrected chi connectivity index (χ1v) is 5.58. The number of halogens is 1. The Balaban J connectivity index is 2.85. The molecule has 3 nitrogen and oxygen atoms in total. The molecule has 0 fully saturated rings. The molecule has 0 bridgehead atoms. The van der Waals surface area contributed by atoms with Crippen LogP contribution < -0.4 is 4.90 Å². The SMILES string of the molecule is C#CCN(CCC(=O)O)c1ccc(C)c(Cl)c1. The molecule has 0 atom stereocenters. The van der Waals surface area contributed by atoms with E-state index in [1.54, 1.807) is 6.07 Å². The van der Waals surface area contributed by atoms with Crippen LogP contribution >= 0.6 is 11.6 Å². The molecule has 0 aliphatic rings. The van der Waals surface area contributed by atoms with Gasteiger partial charge in [0.05, 0.1) is 13.0 Å². The summed E-state index contributed by atoms with van der Waals surface area (Å²) in [6.45, 7) is 2.65. The average Bonchev–Trinajstić information content (AvgIpc) is 2.28. The zero-order valence-corrected chi connectivity index (χ0v) is 10.4. The van der Waals surface area contributed by atoms with Crippen LogP contribution in [0.3, 0.4) is 0 Å². The second-order valence-electron chi connectivity index (χ2n) is 3.70. The van der Waals surface area contributed by atoms with Crippen molar-refractivity contribution in [3.63, 3.8) is 0 Å². The fourth-order valence-electron chi connectivity index (χ4n) is 1.42. The van der Waals surface area contributed by atoms with Crippen molar-refractivity contribution in [2.75, 3.05) is 18.0 Å². The summed E-state index contributed by atoms with van der Waals surface area (Å²) in [5.41, 5.74) is 1.83. The summed E-state index contributed by atoms with van der Waals surface area (Å²) in [6, 6.07) is 5.58. The number of carboxylic acids is 1. The molecule has 0 spiro atoms. The molecule has 1 aromatic carbocycles. The van der Waals surface area contributed by atoms with E-state index in [1.807, 2.05) is 24.0 Å². The maximum atomic E-state index is 10.6. The van der Waals surface area contributed by atoms with Gasteiger partial charge in [-0.2, -0.15) is 0 Å². The molecule has 17 heavy (non-hydrogen) atoms. The van der Waals surface area contributed by atoms with Crippen LogP contribution in [-0.4, -0.2) is 24.2 Å². The fourth-order valence-corrected chi connectivity index (χ4v) is 1.59. The first-order chi connectivity index (χ1) is 8.04. The molecule has 0 unspecified atom stereocenters. The predicted molar refractivity (Wildman–Crippen MR) is 69.5 cm³/mol. The van der Waals surface area contributed by atoms with E-state index >= 15 is 0 Å². The Bertz CT molecular complexity index is 451. The van der Waals surface area contributed by atoms with Gasteiger partial charge in [-0.1, -0.05) is 23.6 Å². The van der Waals surface area contributed by atoms with E-state index in [0.717, 1.165) is 11.3 Å². The van der Waals surface area contributed by atoms with Crippen molar-refractivity contribution in [3.8, 4) is 12.3 Å². The number of anilines is 1. The summed E-state index contributed by atoms with van der Waals surface area (Å²) in [5, 5.41) is 9.32. The van der Waals surface area contributed by atoms with Crippen molar-refractivity contribution in [3.05, 3.63) is 28.8 Å². The third-order valence-corrected chi connectivity index (χ3v) is 2.81. The number of rotatable bonds is 5. The highest BCUT2D eigenvalue weighted by Crippen LogP contribution is 2.23. The van der Waals surface area contributed by atoms with Crippen LogP contribution in [0.5, 0.6) is 0 Å². The maximum absolute atomic E-state index is 10.6. The fraction of sp³-hybridized carbons (Fsp3) is 0.308. The molecule has 0 saturated carbocycles. The van der Waals surface area contributed by atoms with Crippen LogP contribution in [0.2, 0.25) is 5.02 Å². The predicted octanol–water partition coefficient (Wildman–Crippen LogP) is 2.56. The largest absolute Gasteiger partial charge is 0.481 e. The first-order valence-electron chi connectivity index (χ1n) is 5.21. The van der Waals surface area contributed by atoms with Gasteiger partial charge >= 0.3 is 5.97 Å². The highest BCUT2D eigenvalue weighted by Gasteiger charge is 2.08. The number of aryl methyl sites for hydroxylation is 1. The smallest absolute Gasteiger partial charge is 0.305 e. The molecule has 0 saturated heterocycles. The number of carbonyl (C=O) groups is 1. The van der Waals surface area contributed by atoms with Crippen LogP contribution in [-0.2, 0) is 4.79 Å². The van der Waals surface area contributed by atoms with E-state index in [4.69, 9.17) is 23.1 Å². The number of hydrogen-bond acceptors (Lipinski definition) is 2. The van der Waals surface area contributed by atoms with Gasteiger partial charge in [0.1, 0.15) is 0 Å². The van der Waals surface area contributed by atoms with Gasteiger partial charge < -0.3 is 10.0 Å². The second-order valence-corrected chi connectivity index (χ2v) is 4.11. The third kappa shape index (κ3) is 4.01. The van der Waals surface area contributed by atoms with Crippen LogP contribution in [0, 0.1) is 19.3 Å². The van der Waals surface area contributed by atoms with Gasteiger partial charge in [-0.05, 0) is 24.6 Å². The summed E-state index contributed by atoms with van der Waals surface area (Å²) >= 11 is 6.03. The third-order valence-electron chi connectivity index (χ3n) is 2.40. The number of hydrogen-bond donors (Lipinski definition) is 1. The highest BCUT2D eigenvalue weighted by molar-refractivity contribution is 6.31. The van der Waals surface area contributed by atoms with E-state index in [0.29, 0.717) is 18.1 Å². The molecule has 0 aliphatic heterocycles. The zero-order valence-electron chi connectivity index (χ0n) is 9.61. The highest BCUT2D eigenvalue weighted by atomic mass is 35.5. The molecule has 0 radical (unpaired) electrons. The zero-order chi connectivity index (χ0) is 12.8. The molecule has 0 aromatic heterocycles. The van der Waals surface area contributed by atoms with Crippen LogP contribution in [0.25, 0.3) is 0 Å². The molecule has 1 rings (SSSR count). The number of nitrogens with zero attached hydrogens (tertiary/aromatic N) is 1. The molecule has 90 valence electrons. The van der Waals surface area contributed by atoms with Gasteiger partial charge in [0.15, 0.2) is 0 Å². The first kappa shape index (κ1) is 13.4. The summed E-state index contributed by atoms with van der Waals surface area (Å²) < 4.78 is 0. The lowest BCUT2D eigenvalue weighted by atomic mass is 10.2. The molecular formula is C13H14ClNO2. The van der Waals surface area contributed by atoms with Gasteiger partial charge in [0.2, 0.25) is 0 Å². The van der Waals surface area contributed by atoms with Gasteiger partial charge in [0, 0.05) is 17.3 Å². The minimum Gasteiger partial charge on any atom is -0.481 e. The lowest BCUT2D eigenvalue weighted by Gasteiger charge is -2.22. The van der Waals surface area contributed by atoms with Crippen molar-refractivity contribution in [2.45, 2.75) is 13.3 Å². The van der Waals surface area contributed by atoms with Gasteiger partial charge in [-0.15, -0.1) is 6.42 Å². The van der Waals surface area contributed by atoms with Crippen molar-refractivity contribution in [2.24, 2.45) is 0 Å². The van der Waals surface area contributed by atoms with Gasteiger partial charge in [-0.3, -0.25) is 4.79 Å². The van der Waals surface area contributed by atoms with E-state index in [1.165, 1.54) is 0 Å². The number of terminal acetylenes is 1. The summed E-state index contributed by atoms with van der Waals surface area (Å²) in [4.78, 5) is 12.4. The second kappa shape index (κ2) is 6.17. The maximum Gasteiger partial charge on any atom is 0.305 e. The molecular weight excluding hydrogens is 238 g/mol. The molecule has 0 amide bonds. The van der Waals surface area contributed by atoms with Crippen LogP contribution in [0.15, 0.2) is 18.2 Å². The van der Waals surface area contributed by atoms with E-state index in [9.17, 15) is 4.79 Å². The Kier molecular flexibility index (Phi) is 4.86. The Morgan fingerprint density at radius 1 is 1.59 bits per heavy atom. The van der Waals surface area contributed by atoms with Crippen molar-refractivity contribution in [1.82, 2.24) is 0 Å². The Morgan fingerprint density at radius 2 is 2.29 bits per heavy atom. The summed E-state index contributed by atoms with van der Waals surface area (Å²) in [7, 11) is 0. The number of carboxylic acid groups (broad SMARTS) is 1. The van der Waals surface area contributed by atoms with Gasteiger partial charge in [0.25, 0.3) is 0 Å². The van der Waals surface area contributed by atoms with E-state index in [2.05, 4.69) is 5.92 Å². The van der Waals surface area contributed by atoms with Crippen LogP contribution in [0.1, 0.15) is 12.0 Å². The normalized spacial score (nSPS) is 9.71. The minimum atomic E-state index is -0.842. The molecule has 4 heteroatoms. The van der Waals surface area contributed by atoms with Crippen LogP contribution in [0.4, 0.5) is 5.69 Å². The quantitative estimate of drug-likeness (QED) is 0.818. The van der Waals surface area contributed by atoms with E-state index < -0.39 is 5.97 Å². The van der Waals surface area contributed by atoms with Crippen molar-refractivity contribution >= 4 is 23.3 Å². The molecule has 0 aliphatic carbocycles. The van der Waals surface area contributed by atoms with Crippen molar-refractivity contribution in [1.29, 1.82) is 0 Å². The minimum absolute atomic E-state index is 0.0488. The lowest BCUT2D eigenvalue weighted by Crippen LogP contribution is -2.26. The Labute approximate surface area is 106 Å². The van der Waals surface area contributed by atoms with Crippen molar-refractivity contribution < 1.29 is 9.90 Å². The molecule has 1 N–H and O–H groups in total. The number of aliphatic carboxylic acids is 1. The standard InChI is InChI=1S/C13H14ClNO2/c1-3-7-15(8-6-13(16)17)11-5-4-10(2)12(14)9-11/h1,4-5,9H,6-8H2,2H3,(H,16,17). The lowest BCUT2D eigenvalue weighted by molar-refractivity contribution is -0.136. The van der Waals surface area contributed by atoms with Gasteiger partial charge in [-0.25, -0.2) is 0 Å². The van der Waals surface area contributed by atoms with E-state index in [-0.39, 0.29) is 6.42 Å². The summed E-state index contributed by atoms with van der Waals surface area (Å²) in [5.74, 6) is 1.67. The molecule has 1 aromatic rings. The summed E-state index contributed by atoms with van der Waals surface area (Å²) in [6.07, 6.45) is 5.32. The molecule has 0 heterocycles. The number of benzene rings is 1.